The second kappa shape index (κ2) is 5.71. The lowest BCUT2D eigenvalue weighted by Crippen LogP contribution is -2.20. The van der Waals surface area contributed by atoms with Crippen LogP contribution in [0.15, 0.2) is 24.3 Å². The summed E-state index contributed by atoms with van der Waals surface area (Å²) in [5.74, 6) is 0.573. The van der Waals surface area contributed by atoms with Crippen LogP contribution in [0.5, 0.6) is 6.01 Å². The zero-order valence-corrected chi connectivity index (χ0v) is 11.4. The molecule has 0 radical (unpaired) electrons. The lowest BCUT2D eigenvalue weighted by molar-refractivity contribution is 0.379. The van der Waals surface area contributed by atoms with Crippen LogP contribution >= 0.6 is 11.6 Å². The van der Waals surface area contributed by atoms with Crippen molar-refractivity contribution >= 4 is 23.5 Å². The first-order chi connectivity index (χ1) is 9.08. The molecule has 0 aliphatic rings. The lowest BCUT2D eigenvalue weighted by Gasteiger charge is -2.17. The summed E-state index contributed by atoms with van der Waals surface area (Å²) in [5.41, 5.74) is 6.65. The van der Waals surface area contributed by atoms with E-state index in [4.69, 9.17) is 22.1 Å². The number of methoxy groups -OCH3 is 1. The smallest absolute Gasteiger partial charge is 0.322 e. The van der Waals surface area contributed by atoms with Gasteiger partial charge in [-0.05, 0) is 17.7 Å². The Hall–Kier alpha value is -2.08. The predicted octanol–water partition coefficient (Wildman–Crippen LogP) is 1.75. The molecule has 1 heterocycles. The van der Waals surface area contributed by atoms with Gasteiger partial charge >= 0.3 is 6.01 Å². The van der Waals surface area contributed by atoms with E-state index in [0.29, 0.717) is 17.5 Å². The van der Waals surface area contributed by atoms with Gasteiger partial charge in [-0.1, -0.05) is 23.7 Å². The number of ether oxygens (including phenoxy) is 1. The molecule has 0 aliphatic heterocycles. The molecule has 0 atom stereocenters. The Balaban J connectivity index is 2.20. The van der Waals surface area contributed by atoms with E-state index in [-0.39, 0.29) is 12.0 Å². The first-order valence-corrected chi connectivity index (χ1v) is 5.97. The SMILES string of the molecule is COc1nc(N)nc(N(C)Cc2cccc(Cl)c2)n1. The van der Waals surface area contributed by atoms with Crippen molar-refractivity contribution in [2.45, 2.75) is 6.54 Å². The fourth-order valence-corrected chi connectivity index (χ4v) is 1.82. The normalized spacial score (nSPS) is 10.3. The van der Waals surface area contributed by atoms with Gasteiger partial charge in [-0.25, -0.2) is 0 Å². The Bertz CT molecular complexity index is 578. The second-order valence-corrected chi connectivity index (χ2v) is 4.40. The van der Waals surface area contributed by atoms with Crippen LogP contribution in [0.2, 0.25) is 5.02 Å². The van der Waals surface area contributed by atoms with Gasteiger partial charge in [0.05, 0.1) is 7.11 Å². The molecule has 100 valence electrons. The molecule has 0 unspecified atom stereocenters. The first-order valence-electron chi connectivity index (χ1n) is 5.59. The maximum absolute atomic E-state index is 5.95. The van der Waals surface area contributed by atoms with E-state index in [1.165, 1.54) is 7.11 Å². The van der Waals surface area contributed by atoms with Gasteiger partial charge in [0, 0.05) is 18.6 Å². The summed E-state index contributed by atoms with van der Waals surface area (Å²) in [6.45, 7) is 0.604. The zero-order chi connectivity index (χ0) is 13.8. The molecule has 7 heteroatoms. The minimum absolute atomic E-state index is 0.125. The van der Waals surface area contributed by atoms with Crippen molar-refractivity contribution in [3.63, 3.8) is 0 Å². The Kier molecular flexibility index (Phi) is 4.01. The summed E-state index contributed by atoms with van der Waals surface area (Å²) in [4.78, 5) is 13.9. The second-order valence-electron chi connectivity index (χ2n) is 3.97. The van der Waals surface area contributed by atoms with Crippen LogP contribution in [0.4, 0.5) is 11.9 Å². The van der Waals surface area contributed by atoms with Crippen LogP contribution in [0.1, 0.15) is 5.56 Å². The van der Waals surface area contributed by atoms with Crippen molar-refractivity contribution in [1.29, 1.82) is 0 Å². The highest BCUT2D eigenvalue weighted by atomic mass is 35.5. The van der Waals surface area contributed by atoms with Gasteiger partial charge in [-0.3, -0.25) is 0 Å². The van der Waals surface area contributed by atoms with E-state index in [1.807, 2.05) is 36.2 Å². The number of hydrogen-bond donors (Lipinski definition) is 1. The van der Waals surface area contributed by atoms with Gasteiger partial charge in [0.15, 0.2) is 0 Å². The van der Waals surface area contributed by atoms with Crippen LogP contribution in [-0.2, 0) is 6.54 Å². The molecule has 0 saturated heterocycles. The molecule has 2 aromatic rings. The Morgan fingerprint density at radius 2 is 2.11 bits per heavy atom. The number of aromatic nitrogens is 3. The molecule has 2 N–H and O–H groups in total. The number of nitrogens with two attached hydrogens (primary N) is 1. The van der Waals surface area contributed by atoms with E-state index in [9.17, 15) is 0 Å². The third-order valence-corrected chi connectivity index (χ3v) is 2.69. The molecule has 0 amide bonds. The standard InChI is InChI=1S/C12H14ClN5O/c1-18(7-8-4-3-5-9(13)6-8)11-15-10(14)16-12(17-11)19-2/h3-6H,7H2,1-2H3,(H2,14,15,16,17). The molecule has 0 spiro atoms. The maximum Gasteiger partial charge on any atom is 0.322 e. The van der Waals surface area contributed by atoms with Crippen LogP contribution in [0.25, 0.3) is 0 Å². The topological polar surface area (TPSA) is 77.2 Å². The fourth-order valence-electron chi connectivity index (χ4n) is 1.60. The van der Waals surface area contributed by atoms with E-state index >= 15 is 0 Å². The molecule has 2 rings (SSSR count). The number of halogens is 1. The monoisotopic (exact) mass is 279 g/mol. The molecule has 6 nitrogen and oxygen atoms in total. The third kappa shape index (κ3) is 3.45. The summed E-state index contributed by atoms with van der Waals surface area (Å²) < 4.78 is 4.97. The highest BCUT2D eigenvalue weighted by Crippen LogP contribution is 2.16. The number of hydrogen-bond acceptors (Lipinski definition) is 6. The highest BCUT2D eigenvalue weighted by Gasteiger charge is 2.09. The van der Waals surface area contributed by atoms with Crippen molar-refractivity contribution in [3.05, 3.63) is 34.9 Å². The number of benzene rings is 1. The molecule has 0 bridgehead atoms. The van der Waals surface area contributed by atoms with Crippen molar-refractivity contribution in [2.24, 2.45) is 0 Å². The van der Waals surface area contributed by atoms with Crippen molar-refractivity contribution in [3.8, 4) is 6.01 Å². The molecule has 0 saturated carbocycles. The first kappa shape index (κ1) is 13.4. The van der Waals surface area contributed by atoms with Gasteiger partial charge in [0.2, 0.25) is 11.9 Å². The van der Waals surface area contributed by atoms with Crippen LogP contribution in [-0.4, -0.2) is 29.1 Å². The van der Waals surface area contributed by atoms with Gasteiger partial charge in [-0.15, -0.1) is 0 Å². The van der Waals surface area contributed by atoms with Crippen LogP contribution in [0.3, 0.4) is 0 Å². The Labute approximate surface area is 116 Å². The molecule has 1 aromatic heterocycles. The maximum atomic E-state index is 5.95. The van der Waals surface area contributed by atoms with Crippen LogP contribution in [0, 0.1) is 0 Å². The fraction of sp³-hybridized carbons (Fsp3) is 0.250. The number of nitrogens with zero attached hydrogens (tertiary/aromatic N) is 4. The Morgan fingerprint density at radius 1 is 1.32 bits per heavy atom. The van der Waals surface area contributed by atoms with Crippen molar-refractivity contribution < 1.29 is 4.74 Å². The lowest BCUT2D eigenvalue weighted by atomic mass is 10.2. The Morgan fingerprint density at radius 3 is 2.79 bits per heavy atom. The summed E-state index contributed by atoms with van der Waals surface area (Å²) in [5, 5.41) is 0.693. The van der Waals surface area contributed by atoms with E-state index < -0.39 is 0 Å². The molecule has 0 aliphatic carbocycles. The average Bonchev–Trinajstić information content (AvgIpc) is 2.38. The summed E-state index contributed by atoms with van der Waals surface area (Å²) in [6, 6.07) is 7.78. The summed E-state index contributed by atoms with van der Waals surface area (Å²) in [6.07, 6.45) is 0. The molecular weight excluding hydrogens is 266 g/mol. The van der Waals surface area contributed by atoms with Gasteiger partial charge < -0.3 is 15.4 Å². The summed E-state index contributed by atoms with van der Waals surface area (Å²) >= 11 is 5.95. The average molecular weight is 280 g/mol. The largest absolute Gasteiger partial charge is 0.467 e. The van der Waals surface area contributed by atoms with E-state index in [1.54, 1.807) is 0 Å². The number of nitrogen functional groups attached to an aromatic ring is 1. The van der Waals surface area contributed by atoms with Crippen molar-refractivity contribution in [1.82, 2.24) is 15.0 Å². The van der Waals surface area contributed by atoms with Gasteiger partial charge in [0.1, 0.15) is 0 Å². The van der Waals surface area contributed by atoms with E-state index in [0.717, 1.165) is 5.56 Å². The summed E-state index contributed by atoms with van der Waals surface area (Å²) in [7, 11) is 3.34. The molecule has 1 aromatic carbocycles. The number of rotatable bonds is 4. The minimum atomic E-state index is 0.125. The number of anilines is 2. The van der Waals surface area contributed by atoms with E-state index in [2.05, 4.69) is 15.0 Å². The highest BCUT2D eigenvalue weighted by molar-refractivity contribution is 6.30. The van der Waals surface area contributed by atoms with Gasteiger partial charge in [0.25, 0.3) is 0 Å². The molecule has 19 heavy (non-hydrogen) atoms. The van der Waals surface area contributed by atoms with Crippen molar-refractivity contribution in [2.75, 3.05) is 24.8 Å². The predicted molar refractivity (Wildman–Crippen MR) is 74.4 cm³/mol. The third-order valence-electron chi connectivity index (χ3n) is 2.45. The zero-order valence-electron chi connectivity index (χ0n) is 10.7. The quantitative estimate of drug-likeness (QED) is 0.919. The molecular formula is C12H14ClN5O. The van der Waals surface area contributed by atoms with Gasteiger partial charge in [-0.2, -0.15) is 15.0 Å². The molecule has 0 fully saturated rings. The minimum Gasteiger partial charge on any atom is -0.467 e. The van der Waals surface area contributed by atoms with Crippen LogP contribution < -0.4 is 15.4 Å².